The molecule has 1 N–H and O–H groups in total. The number of amidine groups is 1. The van der Waals surface area contributed by atoms with Gasteiger partial charge in [0.1, 0.15) is 11.9 Å². The number of nitrogens with zero attached hydrogens (tertiary/aromatic N) is 2. The first-order valence-electron chi connectivity index (χ1n) is 8.12. The van der Waals surface area contributed by atoms with Gasteiger partial charge in [0.2, 0.25) is 0 Å². The average Bonchev–Trinajstić information content (AvgIpc) is 2.92. The zero-order valence-electron chi connectivity index (χ0n) is 14.0. The molecule has 3 rings (SSSR count). The van der Waals surface area contributed by atoms with Gasteiger partial charge in [-0.15, -0.1) is 0 Å². The van der Waals surface area contributed by atoms with Gasteiger partial charge in [0, 0.05) is 18.3 Å². The van der Waals surface area contributed by atoms with E-state index in [0.29, 0.717) is 18.3 Å². The maximum atomic E-state index is 13.7. The van der Waals surface area contributed by atoms with Crippen LogP contribution in [0.5, 0.6) is 0 Å². The molecule has 0 spiro atoms. The number of rotatable bonds is 4. The summed E-state index contributed by atoms with van der Waals surface area (Å²) >= 11 is 0. The summed E-state index contributed by atoms with van der Waals surface area (Å²) in [5.74, 6) is -1.11. The molecule has 1 aliphatic rings. The summed E-state index contributed by atoms with van der Waals surface area (Å²) in [7, 11) is 0. The van der Waals surface area contributed by atoms with Gasteiger partial charge >= 0.3 is 6.03 Å². The van der Waals surface area contributed by atoms with Crippen molar-refractivity contribution >= 4 is 17.6 Å². The first-order valence-corrected chi connectivity index (χ1v) is 8.12. The third-order valence-electron chi connectivity index (χ3n) is 3.89. The molecule has 0 aromatic heterocycles. The molecule has 2 aromatic rings. The lowest BCUT2D eigenvalue weighted by Gasteiger charge is -2.23. The molecule has 1 aliphatic heterocycles. The molecule has 1 heterocycles. The Kier molecular flexibility index (Phi) is 4.79. The molecule has 130 valence electrons. The van der Waals surface area contributed by atoms with E-state index >= 15 is 0 Å². The van der Waals surface area contributed by atoms with Crippen LogP contribution in [0.25, 0.3) is 0 Å². The Balaban J connectivity index is 2.06. The Morgan fingerprint density at radius 3 is 2.48 bits per heavy atom. The minimum absolute atomic E-state index is 0.278. The second kappa shape index (κ2) is 7.01. The highest BCUT2D eigenvalue weighted by Gasteiger charge is 2.38. The van der Waals surface area contributed by atoms with Crippen LogP contribution < -0.4 is 10.2 Å². The van der Waals surface area contributed by atoms with Crippen LogP contribution in [0.3, 0.4) is 0 Å². The molecule has 1 unspecified atom stereocenters. The highest BCUT2D eigenvalue weighted by Crippen LogP contribution is 2.32. The summed E-state index contributed by atoms with van der Waals surface area (Å²) in [6.07, 6.45) is 0. The van der Waals surface area contributed by atoms with Crippen molar-refractivity contribution in [3.63, 3.8) is 0 Å². The number of nitrogens with one attached hydrogen (secondary N) is 1. The van der Waals surface area contributed by atoms with Crippen molar-refractivity contribution in [1.82, 2.24) is 5.32 Å². The standard InChI is InChI=1S/C19H19F2N3O/c1-12(2)11-22-18-17(13-6-4-3-5-7-13)24(19(25)23-18)14-8-9-15(20)16(21)10-14/h3-10,12,17H,11H2,1-2H3,(H,22,23,25). The van der Waals surface area contributed by atoms with Gasteiger partial charge in [-0.3, -0.25) is 15.2 Å². The molecule has 6 heteroatoms. The second-order valence-corrected chi connectivity index (χ2v) is 6.33. The zero-order chi connectivity index (χ0) is 18.0. The van der Waals surface area contributed by atoms with Crippen LogP contribution in [0.2, 0.25) is 0 Å². The van der Waals surface area contributed by atoms with Crippen LogP contribution in [0, 0.1) is 17.6 Å². The van der Waals surface area contributed by atoms with E-state index in [4.69, 9.17) is 0 Å². The van der Waals surface area contributed by atoms with Crippen molar-refractivity contribution < 1.29 is 13.6 Å². The third-order valence-corrected chi connectivity index (χ3v) is 3.89. The summed E-state index contributed by atoms with van der Waals surface area (Å²) in [4.78, 5) is 18.4. The summed E-state index contributed by atoms with van der Waals surface area (Å²) in [6, 6.07) is 11.9. The molecule has 0 saturated carbocycles. The number of carbonyl (C=O) groups excluding carboxylic acids is 1. The van der Waals surface area contributed by atoms with Crippen molar-refractivity contribution in [2.24, 2.45) is 10.9 Å². The number of hydrogen-bond donors (Lipinski definition) is 1. The summed E-state index contributed by atoms with van der Waals surface area (Å²) in [6.45, 7) is 4.63. The Bertz CT molecular complexity index is 806. The SMILES string of the molecule is CC(C)CN=C1NC(=O)N(c2ccc(F)c(F)c2)C1c1ccccc1. The normalized spacial score (nSPS) is 18.9. The van der Waals surface area contributed by atoms with Crippen LogP contribution in [0.4, 0.5) is 19.3 Å². The first-order chi connectivity index (χ1) is 12.0. The van der Waals surface area contributed by atoms with E-state index in [1.165, 1.54) is 11.0 Å². The molecule has 25 heavy (non-hydrogen) atoms. The van der Waals surface area contributed by atoms with E-state index in [0.717, 1.165) is 17.7 Å². The fourth-order valence-electron chi connectivity index (χ4n) is 2.73. The maximum Gasteiger partial charge on any atom is 0.328 e. The minimum atomic E-state index is -0.996. The number of urea groups is 1. The smallest absolute Gasteiger partial charge is 0.294 e. The van der Waals surface area contributed by atoms with E-state index in [1.54, 1.807) is 0 Å². The van der Waals surface area contributed by atoms with Gasteiger partial charge in [-0.1, -0.05) is 44.2 Å². The molecule has 1 atom stereocenters. The monoisotopic (exact) mass is 343 g/mol. The first kappa shape index (κ1) is 17.1. The zero-order valence-corrected chi connectivity index (χ0v) is 14.0. The predicted octanol–water partition coefficient (Wildman–Crippen LogP) is 4.29. The molecule has 1 fully saturated rings. The number of amides is 2. The van der Waals surface area contributed by atoms with Gasteiger partial charge in [-0.2, -0.15) is 0 Å². The van der Waals surface area contributed by atoms with Crippen molar-refractivity contribution in [2.45, 2.75) is 19.9 Å². The van der Waals surface area contributed by atoms with Crippen molar-refractivity contribution in [1.29, 1.82) is 0 Å². The topological polar surface area (TPSA) is 44.7 Å². The molecule has 0 aliphatic carbocycles. The Labute approximate surface area is 145 Å². The molecule has 0 bridgehead atoms. The summed E-state index contributed by atoms with van der Waals surface area (Å²) < 4.78 is 26.9. The highest BCUT2D eigenvalue weighted by atomic mass is 19.2. The lowest BCUT2D eigenvalue weighted by Crippen LogP contribution is -2.29. The number of halogens is 2. The minimum Gasteiger partial charge on any atom is -0.294 e. The second-order valence-electron chi connectivity index (χ2n) is 6.33. The van der Waals surface area contributed by atoms with E-state index < -0.39 is 23.7 Å². The van der Waals surface area contributed by atoms with Gasteiger partial charge in [-0.05, 0) is 23.6 Å². The molecule has 2 amide bonds. The average molecular weight is 343 g/mol. The van der Waals surface area contributed by atoms with Gasteiger partial charge in [0.05, 0.1) is 0 Å². The third kappa shape index (κ3) is 3.52. The van der Waals surface area contributed by atoms with E-state index in [2.05, 4.69) is 10.3 Å². The number of benzene rings is 2. The number of hydrogen-bond acceptors (Lipinski definition) is 2. The number of aliphatic imine (C=N–C) groups is 1. The molecule has 2 aromatic carbocycles. The molecule has 4 nitrogen and oxygen atoms in total. The summed E-state index contributed by atoms with van der Waals surface area (Å²) in [5.41, 5.74) is 1.12. The van der Waals surface area contributed by atoms with Gasteiger partial charge in [0.15, 0.2) is 11.6 Å². The number of anilines is 1. The van der Waals surface area contributed by atoms with Gasteiger partial charge < -0.3 is 0 Å². The van der Waals surface area contributed by atoms with E-state index in [-0.39, 0.29) is 5.69 Å². The molecular formula is C19H19F2N3O. The van der Waals surface area contributed by atoms with E-state index in [9.17, 15) is 13.6 Å². The van der Waals surface area contributed by atoms with Crippen LogP contribution in [-0.2, 0) is 0 Å². The highest BCUT2D eigenvalue weighted by molar-refractivity contribution is 6.16. The fraction of sp³-hybridized carbons (Fsp3) is 0.263. The summed E-state index contributed by atoms with van der Waals surface area (Å²) in [5, 5.41) is 2.76. The largest absolute Gasteiger partial charge is 0.328 e. The maximum absolute atomic E-state index is 13.7. The Morgan fingerprint density at radius 2 is 1.84 bits per heavy atom. The Hall–Kier alpha value is -2.76. The van der Waals surface area contributed by atoms with Crippen molar-refractivity contribution in [3.8, 4) is 0 Å². The van der Waals surface area contributed by atoms with E-state index in [1.807, 2.05) is 44.2 Å². The van der Waals surface area contributed by atoms with Gasteiger partial charge in [0.25, 0.3) is 0 Å². The van der Waals surface area contributed by atoms with Crippen LogP contribution in [-0.4, -0.2) is 18.4 Å². The molecular weight excluding hydrogens is 324 g/mol. The fourth-order valence-corrected chi connectivity index (χ4v) is 2.73. The van der Waals surface area contributed by atoms with Crippen LogP contribution in [0.15, 0.2) is 53.5 Å². The Morgan fingerprint density at radius 1 is 1.12 bits per heavy atom. The van der Waals surface area contributed by atoms with Crippen molar-refractivity contribution in [2.75, 3.05) is 11.4 Å². The molecule has 1 saturated heterocycles. The molecule has 0 radical (unpaired) electrons. The van der Waals surface area contributed by atoms with Crippen LogP contribution in [0.1, 0.15) is 25.5 Å². The lowest BCUT2D eigenvalue weighted by molar-refractivity contribution is 0.252. The lowest BCUT2D eigenvalue weighted by atomic mass is 10.0. The number of carbonyl (C=O) groups is 1. The van der Waals surface area contributed by atoms with Crippen molar-refractivity contribution in [3.05, 3.63) is 65.7 Å². The van der Waals surface area contributed by atoms with Gasteiger partial charge in [-0.25, -0.2) is 13.6 Å². The van der Waals surface area contributed by atoms with Crippen LogP contribution >= 0.6 is 0 Å². The predicted molar refractivity (Wildman–Crippen MR) is 93.7 cm³/mol. The quantitative estimate of drug-likeness (QED) is 0.884.